The first-order chi connectivity index (χ1) is 8.63. The second kappa shape index (κ2) is 5.94. The average Bonchev–Trinajstić information content (AvgIpc) is 3.19. The molecule has 1 aromatic carbocycles. The van der Waals surface area contributed by atoms with Crippen LogP contribution in [0.1, 0.15) is 44.7 Å². The number of nitrogens with one attached hydrogen (secondary N) is 1. The van der Waals surface area contributed by atoms with Gasteiger partial charge in [0, 0.05) is 19.1 Å². The lowest BCUT2D eigenvalue weighted by molar-refractivity contribution is 0.571. The minimum atomic E-state index is 0.364. The molecule has 1 saturated carbocycles. The fourth-order valence-electron chi connectivity index (χ4n) is 2.22. The monoisotopic (exact) mass is 266 g/mol. The van der Waals surface area contributed by atoms with Crippen molar-refractivity contribution in [3.8, 4) is 0 Å². The van der Waals surface area contributed by atoms with Gasteiger partial charge in [-0.1, -0.05) is 24.6 Å². The molecule has 0 aromatic heterocycles. The van der Waals surface area contributed by atoms with Crippen molar-refractivity contribution in [2.45, 2.75) is 45.2 Å². The number of hydrogen-bond donors (Lipinski definition) is 1. The molecule has 0 heterocycles. The Kier molecular flexibility index (Phi) is 4.52. The summed E-state index contributed by atoms with van der Waals surface area (Å²) >= 11 is 6.40. The summed E-state index contributed by atoms with van der Waals surface area (Å²) in [5, 5.41) is 4.35. The summed E-state index contributed by atoms with van der Waals surface area (Å²) in [6, 6.07) is 7.50. The third kappa shape index (κ3) is 3.18. The lowest BCUT2D eigenvalue weighted by atomic mass is 10.1. The first-order valence-electron chi connectivity index (χ1n) is 6.89. The van der Waals surface area contributed by atoms with E-state index in [9.17, 15) is 0 Å². The molecular weight excluding hydrogens is 244 g/mol. The molecular formula is C15H23ClN2. The fraction of sp³-hybridized carbons (Fsp3) is 0.600. The van der Waals surface area contributed by atoms with Crippen molar-refractivity contribution >= 4 is 17.3 Å². The molecule has 1 aliphatic carbocycles. The Morgan fingerprint density at radius 1 is 1.44 bits per heavy atom. The zero-order valence-electron chi connectivity index (χ0n) is 11.5. The summed E-state index contributed by atoms with van der Waals surface area (Å²) < 4.78 is 0. The largest absolute Gasteiger partial charge is 0.370 e. The SMILES string of the molecule is CCCNC(C)c1ccc(N(C)C2CC2)c(Cl)c1. The summed E-state index contributed by atoms with van der Waals surface area (Å²) in [7, 11) is 2.14. The van der Waals surface area contributed by atoms with Crippen LogP contribution in [0, 0.1) is 0 Å². The van der Waals surface area contributed by atoms with Crippen molar-refractivity contribution in [3.63, 3.8) is 0 Å². The Balaban J connectivity index is 2.08. The van der Waals surface area contributed by atoms with Crippen molar-refractivity contribution < 1.29 is 0 Å². The molecule has 0 amide bonds. The van der Waals surface area contributed by atoms with Crippen LogP contribution in [0.25, 0.3) is 0 Å². The molecule has 0 aliphatic heterocycles. The Morgan fingerprint density at radius 3 is 2.72 bits per heavy atom. The molecule has 1 N–H and O–H groups in total. The molecule has 18 heavy (non-hydrogen) atoms. The molecule has 1 aliphatic rings. The van der Waals surface area contributed by atoms with Gasteiger partial charge in [0.25, 0.3) is 0 Å². The maximum Gasteiger partial charge on any atom is 0.0642 e. The normalized spacial score (nSPS) is 16.7. The summed E-state index contributed by atoms with van der Waals surface area (Å²) in [5.74, 6) is 0. The van der Waals surface area contributed by atoms with Gasteiger partial charge in [-0.05, 0) is 50.4 Å². The van der Waals surface area contributed by atoms with Gasteiger partial charge in [-0.15, -0.1) is 0 Å². The van der Waals surface area contributed by atoms with Gasteiger partial charge >= 0.3 is 0 Å². The quantitative estimate of drug-likeness (QED) is 0.837. The summed E-state index contributed by atoms with van der Waals surface area (Å²) in [6.45, 7) is 5.41. The van der Waals surface area contributed by atoms with Crippen LogP contribution in [0.3, 0.4) is 0 Å². The first-order valence-corrected chi connectivity index (χ1v) is 7.27. The van der Waals surface area contributed by atoms with Gasteiger partial charge in [-0.25, -0.2) is 0 Å². The van der Waals surface area contributed by atoms with Gasteiger partial charge in [0.15, 0.2) is 0 Å². The van der Waals surface area contributed by atoms with Crippen molar-refractivity contribution in [2.24, 2.45) is 0 Å². The molecule has 3 heteroatoms. The molecule has 1 atom stereocenters. The van der Waals surface area contributed by atoms with Gasteiger partial charge in [-0.2, -0.15) is 0 Å². The van der Waals surface area contributed by atoms with E-state index >= 15 is 0 Å². The van der Waals surface area contributed by atoms with Crippen LogP contribution < -0.4 is 10.2 Å². The standard InChI is InChI=1S/C15H23ClN2/c1-4-9-17-11(2)12-5-8-15(14(16)10-12)18(3)13-6-7-13/h5,8,10-11,13,17H,4,6-7,9H2,1-3H3. The van der Waals surface area contributed by atoms with Crippen LogP contribution in [0.4, 0.5) is 5.69 Å². The van der Waals surface area contributed by atoms with Crippen LogP contribution >= 0.6 is 11.6 Å². The van der Waals surface area contributed by atoms with Gasteiger partial charge in [0.05, 0.1) is 10.7 Å². The molecule has 0 saturated heterocycles. The fourth-order valence-corrected chi connectivity index (χ4v) is 2.54. The minimum absolute atomic E-state index is 0.364. The number of hydrogen-bond acceptors (Lipinski definition) is 2. The van der Waals surface area contributed by atoms with E-state index in [2.05, 4.69) is 49.3 Å². The maximum atomic E-state index is 6.40. The number of halogens is 1. The highest BCUT2D eigenvalue weighted by Crippen LogP contribution is 2.35. The average molecular weight is 267 g/mol. The molecule has 100 valence electrons. The van der Waals surface area contributed by atoms with Gasteiger partial charge in [-0.3, -0.25) is 0 Å². The number of nitrogens with zero attached hydrogens (tertiary/aromatic N) is 1. The van der Waals surface area contributed by atoms with E-state index in [-0.39, 0.29) is 0 Å². The smallest absolute Gasteiger partial charge is 0.0642 e. The van der Waals surface area contributed by atoms with Crippen LogP contribution in [0.2, 0.25) is 5.02 Å². The molecule has 1 aromatic rings. The second-order valence-electron chi connectivity index (χ2n) is 5.23. The number of benzene rings is 1. The van der Waals surface area contributed by atoms with Gasteiger partial charge in [0.1, 0.15) is 0 Å². The van der Waals surface area contributed by atoms with Crippen LogP contribution in [-0.2, 0) is 0 Å². The Labute approximate surface area is 115 Å². The zero-order chi connectivity index (χ0) is 13.1. The number of anilines is 1. The van der Waals surface area contributed by atoms with E-state index in [1.807, 2.05) is 0 Å². The first kappa shape index (κ1) is 13.7. The van der Waals surface area contributed by atoms with E-state index in [4.69, 9.17) is 11.6 Å². The van der Waals surface area contributed by atoms with Crippen molar-refractivity contribution in [3.05, 3.63) is 28.8 Å². The predicted molar refractivity (Wildman–Crippen MR) is 79.6 cm³/mol. The van der Waals surface area contributed by atoms with E-state index in [1.165, 1.54) is 18.4 Å². The van der Waals surface area contributed by atoms with E-state index in [0.29, 0.717) is 12.1 Å². The molecule has 1 unspecified atom stereocenters. The maximum absolute atomic E-state index is 6.40. The van der Waals surface area contributed by atoms with Crippen LogP contribution in [0.15, 0.2) is 18.2 Å². The highest BCUT2D eigenvalue weighted by atomic mass is 35.5. The lowest BCUT2D eigenvalue weighted by Crippen LogP contribution is -2.21. The topological polar surface area (TPSA) is 15.3 Å². The molecule has 2 nitrogen and oxygen atoms in total. The molecule has 0 spiro atoms. The molecule has 1 fully saturated rings. The molecule has 0 radical (unpaired) electrons. The van der Waals surface area contributed by atoms with Crippen molar-refractivity contribution in [1.82, 2.24) is 5.32 Å². The summed E-state index contributed by atoms with van der Waals surface area (Å²) in [4.78, 5) is 2.30. The Morgan fingerprint density at radius 2 is 2.17 bits per heavy atom. The Bertz CT molecular complexity index is 401. The summed E-state index contributed by atoms with van der Waals surface area (Å²) in [5.41, 5.74) is 2.42. The van der Waals surface area contributed by atoms with Gasteiger partial charge < -0.3 is 10.2 Å². The highest BCUT2D eigenvalue weighted by Gasteiger charge is 2.27. The van der Waals surface area contributed by atoms with Crippen LogP contribution in [0.5, 0.6) is 0 Å². The highest BCUT2D eigenvalue weighted by molar-refractivity contribution is 6.33. The van der Waals surface area contributed by atoms with Crippen LogP contribution in [-0.4, -0.2) is 19.6 Å². The summed E-state index contributed by atoms with van der Waals surface area (Å²) in [6.07, 6.45) is 3.74. The van der Waals surface area contributed by atoms with E-state index in [0.717, 1.165) is 23.7 Å². The Hall–Kier alpha value is -0.730. The lowest BCUT2D eigenvalue weighted by Gasteiger charge is -2.22. The van der Waals surface area contributed by atoms with Crippen molar-refractivity contribution in [1.29, 1.82) is 0 Å². The van der Waals surface area contributed by atoms with Gasteiger partial charge in [0.2, 0.25) is 0 Å². The second-order valence-corrected chi connectivity index (χ2v) is 5.64. The van der Waals surface area contributed by atoms with Crippen molar-refractivity contribution in [2.75, 3.05) is 18.5 Å². The minimum Gasteiger partial charge on any atom is -0.370 e. The van der Waals surface area contributed by atoms with E-state index in [1.54, 1.807) is 0 Å². The predicted octanol–water partition coefficient (Wildman–Crippen LogP) is 4.00. The third-order valence-electron chi connectivity index (χ3n) is 3.65. The molecule has 2 rings (SSSR count). The zero-order valence-corrected chi connectivity index (χ0v) is 12.3. The number of rotatable bonds is 6. The van der Waals surface area contributed by atoms with E-state index < -0.39 is 0 Å². The third-order valence-corrected chi connectivity index (χ3v) is 3.95. The molecule has 0 bridgehead atoms.